The first-order valence-electron chi connectivity index (χ1n) is 6.72. The molecule has 1 aromatic rings. The number of hydrogen-bond acceptors (Lipinski definition) is 8. The smallest absolute Gasteiger partial charge is 0.152 e. The molecule has 0 saturated heterocycles. The fourth-order valence-corrected chi connectivity index (χ4v) is 1.94. The van der Waals surface area contributed by atoms with E-state index < -0.39 is 36.7 Å². The number of rotatable bonds is 8. The minimum atomic E-state index is -1.75. The molecule has 0 heterocycles. The zero-order valence-electron chi connectivity index (χ0n) is 11.8. The van der Waals surface area contributed by atoms with Gasteiger partial charge in [0.2, 0.25) is 0 Å². The van der Waals surface area contributed by atoms with E-state index in [0.29, 0.717) is 5.56 Å². The van der Waals surface area contributed by atoms with Gasteiger partial charge in [-0.05, 0) is 30.2 Å². The monoisotopic (exact) mass is 315 g/mol. The zero-order chi connectivity index (χ0) is 16.9. The molecule has 0 bridgehead atoms. The van der Waals surface area contributed by atoms with Crippen LogP contribution in [-0.4, -0.2) is 67.4 Å². The summed E-state index contributed by atoms with van der Waals surface area (Å²) in [6.07, 6.45) is -5.15. The summed E-state index contributed by atoms with van der Waals surface area (Å²) >= 11 is 0. The summed E-state index contributed by atoms with van der Waals surface area (Å²) in [5, 5.41) is 56.0. The van der Waals surface area contributed by atoms with Crippen LogP contribution < -0.4 is 5.73 Å². The summed E-state index contributed by atoms with van der Waals surface area (Å²) in [5.74, 6) is -0.749. The quantitative estimate of drug-likeness (QED) is 0.271. The average Bonchev–Trinajstić information content (AvgIpc) is 2.52. The van der Waals surface area contributed by atoms with E-state index in [4.69, 9.17) is 10.8 Å². The lowest BCUT2D eigenvalue weighted by Gasteiger charge is -2.25. The number of Topliss-reactive ketones (excluding diaryl/α,β-unsaturated/α-hetero) is 1. The summed E-state index contributed by atoms with van der Waals surface area (Å²) in [5.41, 5.74) is 5.86. The lowest BCUT2D eigenvalue weighted by molar-refractivity contribution is -0.129. The van der Waals surface area contributed by atoms with Crippen LogP contribution in [-0.2, 0) is 11.2 Å². The molecule has 8 N–H and O–H groups in total. The standard InChI is InChI=1S/C14H21NO7/c15-12(14(22)13(21)11(20)6-16)10(19)3-1-7-5-8(17)2-4-9(7)18/h2,4-5,11-14,16-18,20-22H,1,3,6,15H2/t11-,12+,13-,14-/m1/s1. The van der Waals surface area contributed by atoms with E-state index in [-0.39, 0.29) is 24.3 Å². The van der Waals surface area contributed by atoms with Crippen molar-refractivity contribution >= 4 is 5.78 Å². The third-order valence-electron chi connectivity index (χ3n) is 3.37. The molecular formula is C14H21NO7. The molecule has 1 rings (SSSR count). The van der Waals surface area contributed by atoms with Crippen molar-refractivity contribution in [2.24, 2.45) is 5.73 Å². The van der Waals surface area contributed by atoms with Crippen LogP contribution in [0.4, 0.5) is 0 Å². The van der Waals surface area contributed by atoms with Gasteiger partial charge in [0.15, 0.2) is 5.78 Å². The highest BCUT2D eigenvalue weighted by atomic mass is 16.4. The van der Waals surface area contributed by atoms with Gasteiger partial charge in [-0.2, -0.15) is 0 Å². The van der Waals surface area contributed by atoms with Gasteiger partial charge in [0.1, 0.15) is 29.8 Å². The highest BCUT2D eigenvalue weighted by molar-refractivity contribution is 5.84. The van der Waals surface area contributed by atoms with Gasteiger partial charge in [-0.25, -0.2) is 0 Å². The molecule has 0 spiro atoms. The molecule has 0 radical (unpaired) electrons. The first-order chi connectivity index (χ1) is 10.3. The van der Waals surface area contributed by atoms with E-state index in [0.717, 1.165) is 0 Å². The second-order valence-electron chi connectivity index (χ2n) is 5.04. The third-order valence-corrected chi connectivity index (χ3v) is 3.37. The lowest BCUT2D eigenvalue weighted by atomic mass is 9.95. The number of phenolic OH excluding ortho intramolecular Hbond substituents is 2. The van der Waals surface area contributed by atoms with Crippen molar-refractivity contribution in [2.75, 3.05) is 6.61 Å². The molecular weight excluding hydrogens is 294 g/mol. The maximum absolute atomic E-state index is 11.9. The van der Waals surface area contributed by atoms with E-state index >= 15 is 0 Å². The number of aliphatic hydroxyl groups is 4. The Kier molecular flexibility index (Phi) is 6.72. The first kappa shape index (κ1) is 18.3. The molecule has 8 nitrogen and oxygen atoms in total. The highest BCUT2D eigenvalue weighted by Gasteiger charge is 2.32. The Balaban J connectivity index is 2.62. The summed E-state index contributed by atoms with van der Waals surface area (Å²) in [7, 11) is 0. The third kappa shape index (κ3) is 4.65. The van der Waals surface area contributed by atoms with Gasteiger partial charge in [0, 0.05) is 6.42 Å². The van der Waals surface area contributed by atoms with Crippen LogP contribution in [0.2, 0.25) is 0 Å². The van der Waals surface area contributed by atoms with Gasteiger partial charge in [0.05, 0.1) is 12.6 Å². The summed E-state index contributed by atoms with van der Waals surface area (Å²) in [4.78, 5) is 11.9. The molecule has 124 valence electrons. The van der Waals surface area contributed by atoms with E-state index in [1.165, 1.54) is 18.2 Å². The molecule has 1 aromatic carbocycles. The Morgan fingerprint density at radius 1 is 1.14 bits per heavy atom. The lowest BCUT2D eigenvalue weighted by Crippen LogP contribution is -2.52. The Hall–Kier alpha value is -1.71. The van der Waals surface area contributed by atoms with Crippen molar-refractivity contribution in [1.82, 2.24) is 0 Å². The molecule has 0 saturated carbocycles. The maximum Gasteiger partial charge on any atom is 0.152 e. The van der Waals surface area contributed by atoms with Crippen molar-refractivity contribution < 1.29 is 35.4 Å². The summed E-state index contributed by atoms with van der Waals surface area (Å²) in [6.45, 7) is -0.781. The zero-order valence-corrected chi connectivity index (χ0v) is 11.8. The van der Waals surface area contributed by atoms with Crippen molar-refractivity contribution in [2.45, 2.75) is 37.2 Å². The predicted molar refractivity (Wildman–Crippen MR) is 76.2 cm³/mol. The molecule has 0 amide bonds. The first-order valence-corrected chi connectivity index (χ1v) is 6.72. The molecule has 22 heavy (non-hydrogen) atoms. The van der Waals surface area contributed by atoms with Crippen molar-refractivity contribution in [1.29, 1.82) is 0 Å². The fourth-order valence-electron chi connectivity index (χ4n) is 1.94. The number of aliphatic hydroxyl groups excluding tert-OH is 4. The van der Waals surface area contributed by atoms with Crippen LogP contribution >= 0.6 is 0 Å². The largest absolute Gasteiger partial charge is 0.508 e. The van der Waals surface area contributed by atoms with Gasteiger partial charge < -0.3 is 36.4 Å². The second kappa shape index (κ2) is 8.06. The Morgan fingerprint density at radius 3 is 2.36 bits per heavy atom. The van der Waals surface area contributed by atoms with Gasteiger partial charge in [-0.3, -0.25) is 4.79 Å². The molecule has 8 heteroatoms. The van der Waals surface area contributed by atoms with Crippen LogP contribution in [0.3, 0.4) is 0 Å². The normalized spacial score (nSPS) is 16.8. The Morgan fingerprint density at radius 2 is 1.77 bits per heavy atom. The number of aromatic hydroxyl groups is 2. The molecule has 0 unspecified atom stereocenters. The molecule has 0 aromatic heterocycles. The van der Waals surface area contributed by atoms with Crippen molar-refractivity contribution in [3.05, 3.63) is 23.8 Å². The minimum Gasteiger partial charge on any atom is -0.508 e. The molecule has 0 aliphatic rings. The molecule has 4 atom stereocenters. The number of carbonyl (C=O) groups excluding carboxylic acids is 1. The highest BCUT2D eigenvalue weighted by Crippen LogP contribution is 2.23. The average molecular weight is 315 g/mol. The van der Waals surface area contributed by atoms with Crippen LogP contribution in [0.15, 0.2) is 18.2 Å². The minimum absolute atomic E-state index is 0.0638. The summed E-state index contributed by atoms with van der Waals surface area (Å²) < 4.78 is 0. The molecule has 0 fully saturated rings. The Labute approximate surface area is 127 Å². The number of hydrogen-bond donors (Lipinski definition) is 7. The van der Waals surface area contributed by atoms with Crippen LogP contribution in [0.25, 0.3) is 0 Å². The Bertz CT molecular complexity index is 508. The van der Waals surface area contributed by atoms with Crippen LogP contribution in [0, 0.1) is 0 Å². The van der Waals surface area contributed by atoms with E-state index in [1.807, 2.05) is 0 Å². The van der Waals surface area contributed by atoms with E-state index in [1.54, 1.807) is 0 Å². The van der Waals surface area contributed by atoms with Gasteiger partial charge in [-0.1, -0.05) is 0 Å². The van der Waals surface area contributed by atoms with Gasteiger partial charge in [0.25, 0.3) is 0 Å². The number of phenols is 2. The number of ketones is 1. The molecule has 0 aliphatic heterocycles. The predicted octanol–water partition coefficient (Wildman–Crippen LogP) is -2.00. The van der Waals surface area contributed by atoms with Crippen molar-refractivity contribution in [3.63, 3.8) is 0 Å². The molecule has 0 aliphatic carbocycles. The maximum atomic E-state index is 11.9. The number of benzene rings is 1. The number of nitrogens with two attached hydrogens (primary N) is 1. The number of carbonyl (C=O) groups is 1. The van der Waals surface area contributed by atoms with E-state index in [2.05, 4.69) is 0 Å². The second-order valence-corrected chi connectivity index (χ2v) is 5.04. The van der Waals surface area contributed by atoms with Crippen LogP contribution in [0.1, 0.15) is 12.0 Å². The summed E-state index contributed by atoms with van der Waals surface area (Å²) in [6, 6.07) is 2.43. The SMILES string of the molecule is N[C@@H](C(=O)CCc1cc(O)ccc1O)[C@@H](O)[C@H](O)[C@H](O)CO. The van der Waals surface area contributed by atoms with Gasteiger partial charge >= 0.3 is 0 Å². The fraction of sp³-hybridized carbons (Fsp3) is 0.500. The van der Waals surface area contributed by atoms with Gasteiger partial charge in [-0.15, -0.1) is 0 Å². The van der Waals surface area contributed by atoms with Crippen molar-refractivity contribution in [3.8, 4) is 11.5 Å². The van der Waals surface area contributed by atoms with E-state index in [9.17, 15) is 30.3 Å². The van der Waals surface area contributed by atoms with Crippen LogP contribution in [0.5, 0.6) is 11.5 Å². The topological polar surface area (TPSA) is 164 Å². The number of aryl methyl sites for hydroxylation is 1.